The van der Waals surface area contributed by atoms with Crippen LogP contribution in [0, 0.1) is 0 Å². The summed E-state index contributed by atoms with van der Waals surface area (Å²) in [5.74, 6) is 0.677. The molecule has 2 heterocycles. The summed E-state index contributed by atoms with van der Waals surface area (Å²) in [5, 5.41) is 12.9. The SMILES string of the molecule is CCC(=O)N1[C@@H](CO)[C@@H](c2ccccc2)C12CN(C(=O)Nc1cccc(OC)c1)C2. The van der Waals surface area contributed by atoms with Gasteiger partial charge in [-0.2, -0.15) is 0 Å². The highest BCUT2D eigenvalue weighted by Gasteiger charge is 2.67. The van der Waals surface area contributed by atoms with Gasteiger partial charge in [-0.1, -0.05) is 43.3 Å². The molecule has 2 aliphatic rings. The third-order valence-electron chi connectivity index (χ3n) is 6.23. The Labute approximate surface area is 176 Å². The number of likely N-dealkylation sites (tertiary alicyclic amines) is 2. The molecule has 0 aromatic heterocycles. The van der Waals surface area contributed by atoms with Crippen molar-refractivity contribution in [3.63, 3.8) is 0 Å². The van der Waals surface area contributed by atoms with Crippen LogP contribution in [0.2, 0.25) is 0 Å². The van der Waals surface area contributed by atoms with Gasteiger partial charge < -0.3 is 25.0 Å². The van der Waals surface area contributed by atoms with E-state index in [-0.39, 0.29) is 30.5 Å². The molecule has 158 valence electrons. The zero-order valence-electron chi connectivity index (χ0n) is 17.2. The van der Waals surface area contributed by atoms with Gasteiger partial charge >= 0.3 is 6.03 Å². The minimum absolute atomic E-state index is 0.0000642. The van der Waals surface area contributed by atoms with Crippen LogP contribution in [0.15, 0.2) is 54.6 Å². The van der Waals surface area contributed by atoms with Gasteiger partial charge in [0.2, 0.25) is 5.91 Å². The van der Waals surface area contributed by atoms with Crippen LogP contribution in [0.1, 0.15) is 24.8 Å². The first kappa shape index (κ1) is 20.2. The molecule has 2 fully saturated rings. The van der Waals surface area contributed by atoms with E-state index in [2.05, 4.69) is 5.32 Å². The molecule has 2 aromatic carbocycles. The fourth-order valence-electron chi connectivity index (χ4n) is 4.90. The van der Waals surface area contributed by atoms with Crippen LogP contribution in [0.5, 0.6) is 5.75 Å². The lowest BCUT2D eigenvalue weighted by Gasteiger charge is -2.70. The summed E-state index contributed by atoms with van der Waals surface area (Å²) >= 11 is 0. The van der Waals surface area contributed by atoms with E-state index in [0.29, 0.717) is 30.9 Å². The molecule has 2 saturated heterocycles. The summed E-state index contributed by atoms with van der Waals surface area (Å²) in [4.78, 5) is 29.0. The summed E-state index contributed by atoms with van der Waals surface area (Å²) in [6, 6.07) is 16.7. The monoisotopic (exact) mass is 409 g/mol. The fraction of sp³-hybridized carbons (Fsp3) is 0.391. The molecule has 30 heavy (non-hydrogen) atoms. The number of carbonyl (C=O) groups is 2. The Bertz CT molecular complexity index is 927. The predicted octanol–water partition coefficient (Wildman–Crippen LogP) is 2.68. The summed E-state index contributed by atoms with van der Waals surface area (Å²) in [5.41, 5.74) is 1.28. The molecule has 1 spiro atoms. The second-order valence-corrected chi connectivity index (χ2v) is 7.88. The van der Waals surface area contributed by atoms with Crippen LogP contribution in [-0.4, -0.2) is 65.2 Å². The Morgan fingerprint density at radius 1 is 1.17 bits per heavy atom. The second kappa shape index (κ2) is 7.99. The maximum absolute atomic E-state index is 12.8. The number of hydrogen-bond acceptors (Lipinski definition) is 4. The first-order valence-corrected chi connectivity index (χ1v) is 10.2. The molecule has 2 atom stereocenters. The molecule has 3 amide bonds. The van der Waals surface area contributed by atoms with Crippen molar-refractivity contribution in [1.82, 2.24) is 9.80 Å². The summed E-state index contributed by atoms with van der Waals surface area (Å²) in [6.45, 7) is 2.60. The molecule has 4 rings (SSSR count). The Kier molecular flexibility index (Phi) is 5.39. The van der Waals surface area contributed by atoms with E-state index < -0.39 is 5.54 Å². The molecule has 2 aliphatic heterocycles. The molecule has 2 aromatic rings. The van der Waals surface area contributed by atoms with E-state index in [1.807, 2.05) is 49.4 Å². The Morgan fingerprint density at radius 2 is 1.90 bits per heavy atom. The van der Waals surface area contributed by atoms with Crippen molar-refractivity contribution in [3.8, 4) is 5.75 Å². The van der Waals surface area contributed by atoms with Crippen LogP contribution in [0.25, 0.3) is 0 Å². The summed E-state index contributed by atoms with van der Waals surface area (Å²) < 4.78 is 5.20. The molecule has 0 radical (unpaired) electrons. The van der Waals surface area contributed by atoms with Crippen LogP contribution in [0.4, 0.5) is 10.5 Å². The smallest absolute Gasteiger partial charge is 0.322 e. The number of nitrogens with zero attached hydrogens (tertiary/aromatic N) is 2. The number of ether oxygens (including phenoxy) is 1. The van der Waals surface area contributed by atoms with Crippen molar-refractivity contribution in [2.75, 3.05) is 32.1 Å². The van der Waals surface area contributed by atoms with Gasteiger partial charge in [-0.05, 0) is 17.7 Å². The molecule has 0 bridgehead atoms. The second-order valence-electron chi connectivity index (χ2n) is 7.88. The van der Waals surface area contributed by atoms with Crippen LogP contribution in [0.3, 0.4) is 0 Å². The average Bonchev–Trinajstić information content (AvgIpc) is 2.73. The van der Waals surface area contributed by atoms with Gasteiger partial charge in [-0.15, -0.1) is 0 Å². The van der Waals surface area contributed by atoms with Crippen molar-refractivity contribution >= 4 is 17.6 Å². The lowest BCUT2D eigenvalue weighted by Crippen LogP contribution is -2.86. The van der Waals surface area contributed by atoms with Crippen molar-refractivity contribution in [2.45, 2.75) is 30.8 Å². The van der Waals surface area contributed by atoms with E-state index in [4.69, 9.17) is 4.74 Å². The number of amides is 3. The number of aliphatic hydroxyl groups excluding tert-OH is 1. The third kappa shape index (κ3) is 3.19. The number of aliphatic hydroxyl groups is 1. The van der Waals surface area contributed by atoms with Gasteiger partial charge in [0.15, 0.2) is 0 Å². The van der Waals surface area contributed by atoms with Crippen LogP contribution in [-0.2, 0) is 4.79 Å². The van der Waals surface area contributed by atoms with Crippen LogP contribution >= 0.6 is 0 Å². The number of carbonyl (C=O) groups excluding carboxylic acids is 2. The maximum Gasteiger partial charge on any atom is 0.322 e. The lowest BCUT2D eigenvalue weighted by atomic mass is 9.60. The summed E-state index contributed by atoms with van der Waals surface area (Å²) in [6.07, 6.45) is 0.371. The first-order chi connectivity index (χ1) is 14.5. The number of rotatable bonds is 5. The highest BCUT2D eigenvalue weighted by molar-refractivity contribution is 5.91. The molecule has 7 nitrogen and oxygen atoms in total. The molecule has 0 saturated carbocycles. The minimum Gasteiger partial charge on any atom is -0.497 e. The van der Waals surface area contributed by atoms with Gasteiger partial charge in [0.25, 0.3) is 0 Å². The number of urea groups is 1. The van der Waals surface area contributed by atoms with Crippen molar-refractivity contribution < 1.29 is 19.4 Å². The number of benzene rings is 2. The molecular weight excluding hydrogens is 382 g/mol. The van der Waals surface area contributed by atoms with Gasteiger partial charge in [0, 0.05) is 37.2 Å². The average molecular weight is 409 g/mol. The lowest BCUT2D eigenvalue weighted by molar-refractivity contribution is -0.192. The standard InChI is InChI=1S/C23H27N3O4/c1-3-20(28)26-19(13-27)21(16-8-5-4-6-9-16)23(26)14-25(15-23)22(29)24-17-10-7-11-18(12-17)30-2/h4-12,19,21,27H,3,13-15H2,1-2H3,(H,24,29)/t19-,21+/m0/s1. The van der Waals surface area contributed by atoms with Crippen molar-refractivity contribution in [1.29, 1.82) is 0 Å². The molecular formula is C23H27N3O4. The van der Waals surface area contributed by atoms with Crippen molar-refractivity contribution in [3.05, 3.63) is 60.2 Å². The minimum atomic E-state index is -0.465. The molecule has 7 heteroatoms. The third-order valence-corrected chi connectivity index (χ3v) is 6.23. The van der Waals surface area contributed by atoms with E-state index in [9.17, 15) is 14.7 Å². The Morgan fingerprint density at radius 3 is 2.53 bits per heavy atom. The molecule has 0 unspecified atom stereocenters. The maximum atomic E-state index is 12.8. The zero-order valence-corrected chi connectivity index (χ0v) is 17.2. The number of hydrogen-bond donors (Lipinski definition) is 2. The van der Waals surface area contributed by atoms with E-state index in [1.165, 1.54) is 0 Å². The van der Waals surface area contributed by atoms with Gasteiger partial charge in [-0.25, -0.2) is 4.79 Å². The van der Waals surface area contributed by atoms with Gasteiger partial charge in [-0.3, -0.25) is 4.79 Å². The molecule has 0 aliphatic carbocycles. The van der Waals surface area contributed by atoms with Crippen LogP contribution < -0.4 is 10.1 Å². The molecule has 2 N–H and O–H groups in total. The van der Waals surface area contributed by atoms with Crippen molar-refractivity contribution in [2.24, 2.45) is 0 Å². The van der Waals surface area contributed by atoms with Gasteiger partial charge in [0.05, 0.1) is 25.3 Å². The fourth-order valence-corrected chi connectivity index (χ4v) is 4.90. The number of methoxy groups -OCH3 is 1. The largest absolute Gasteiger partial charge is 0.497 e. The Balaban J connectivity index is 1.53. The quantitative estimate of drug-likeness (QED) is 0.796. The highest BCUT2D eigenvalue weighted by atomic mass is 16.5. The van der Waals surface area contributed by atoms with Gasteiger partial charge in [0.1, 0.15) is 5.75 Å². The number of nitrogens with one attached hydrogen (secondary N) is 1. The predicted molar refractivity (Wildman–Crippen MR) is 114 cm³/mol. The summed E-state index contributed by atoms with van der Waals surface area (Å²) in [7, 11) is 1.58. The van der Waals surface area contributed by atoms with E-state index in [0.717, 1.165) is 5.56 Å². The topological polar surface area (TPSA) is 82.1 Å². The van der Waals surface area contributed by atoms with E-state index >= 15 is 0 Å². The zero-order chi connectivity index (χ0) is 21.3. The number of anilines is 1. The normalized spacial score (nSPS) is 21.6. The Hall–Kier alpha value is -3.06. The highest BCUT2D eigenvalue weighted by Crippen LogP contribution is 2.54. The first-order valence-electron chi connectivity index (χ1n) is 10.2. The van der Waals surface area contributed by atoms with E-state index in [1.54, 1.807) is 29.0 Å².